The van der Waals surface area contributed by atoms with E-state index in [0.29, 0.717) is 19.6 Å². The van der Waals surface area contributed by atoms with Gasteiger partial charge in [0.05, 0.1) is 12.1 Å². The van der Waals surface area contributed by atoms with Crippen LogP contribution >= 0.6 is 15.9 Å². The highest BCUT2D eigenvalue weighted by molar-refractivity contribution is 9.10. The minimum Gasteiger partial charge on any atom is -0.389 e. The molecule has 1 aromatic carbocycles. The Hall–Kier alpha value is -0.910. The van der Waals surface area contributed by atoms with Gasteiger partial charge in [0.1, 0.15) is 0 Å². The maximum absolute atomic E-state index is 12.3. The van der Waals surface area contributed by atoms with E-state index in [1.165, 1.54) is 0 Å². The van der Waals surface area contributed by atoms with Gasteiger partial charge in [-0.1, -0.05) is 41.1 Å². The Bertz CT molecular complexity index is 472. The van der Waals surface area contributed by atoms with Crippen molar-refractivity contribution in [1.29, 1.82) is 0 Å². The highest BCUT2D eigenvalue weighted by Crippen LogP contribution is 2.17. The van der Waals surface area contributed by atoms with E-state index < -0.39 is 5.60 Å². The van der Waals surface area contributed by atoms with Crippen LogP contribution in [0, 0.1) is 0 Å². The number of rotatable bonds is 7. The van der Waals surface area contributed by atoms with Crippen molar-refractivity contribution >= 4 is 21.8 Å². The topological polar surface area (TPSA) is 43.8 Å². The molecule has 1 aromatic rings. The van der Waals surface area contributed by atoms with Gasteiger partial charge in [-0.25, -0.2) is 0 Å². The van der Waals surface area contributed by atoms with E-state index in [1.54, 1.807) is 25.8 Å². The Balaban J connectivity index is 2.60. The van der Waals surface area contributed by atoms with Crippen LogP contribution in [0.4, 0.5) is 0 Å². The molecular weight excluding hydrogens is 332 g/mol. The molecule has 0 saturated carbocycles. The van der Waals surface area contributed by atoms with E-state index >= 15 is 0 Å². The maximum atomic E-state index is 12.3. The van der Waals surface area contributed by atoms with Crippen molar-refractivity contribution in [3.8, 4) is 0 Å². The molecule has 0 bridgehead atoms. The summed E-state index contributed by atoms with van der Waals surface area (Å²) in [4.78, 5) is 16.0. The van der Waals surface area contributed by atoms with Gasteiger partial charge in [-0.15, -0.1) is 0 Å². The first-order valence-electron chi connectivity index (χ1n) is 7.15. The van der Waals surface area contributed by atoms with Crippen molar-refractivity contribution in [2.75, 3.05) is 26.7 Å². The summed E-state index contributed by atoms with van der Waals surface area (Å²) in [7, 11) is 1.81. The summed E-state index contributed by atoms with van der Waals surface area (Å²) >= 11 is 3.50. The summed E-state index contributed by atoms with van der Waals surface area (Å²) in [6, 6.07) is 7.89. The number of likely N-dealkylation sites (N-methyl/N-ethyl adjacent to an activating group) is 2. The molecule has 21 heavy (non-hydrogen) atoms. The van der Waals surface area contributed by atoms with Gasteiger partial charge in [0.15, 0.2) is 0 Å². The smallest absolute Gasteiger partial charge is 0.236 e. The Morgan fingerprint density at radius 2 is 1.95 bits per heavy atom. The first-order valence-corrected chi connectivity index (χ1v) is 7.94. The van der Waals surface area contributed by atoms with Crippen LogP contribution in [0.1, 0.15) is 26.3 Å². The third kappa shape index (κ3) is 6.59. The van der Waals surface area contributed by atoms with Gasteiger partial charge in [0.2, 0.25) is 5.91 Å². The molecule has 0 radical (unpaired) electrons. The number of hydrogen-bond donors (Lipinski definition) is 1. The van der Waals surface area contributed by atoms with Crippen LogP contribution in [0.5, 0.6) is 0 Å². The quantitative estimate of drug-likeness (QED) is 0.816. The van der Waals surface area contributed by atoms with Gasteiger partial charge >= 0.3 is 0 Å². The molecule has 0 spiro atoms. The fourth-order valence-corrected chi connectivity index (χ4v) is 2.52. The molecule has 1 rings (SSSR count). The molecule has 118 valence electrons. The van der Waals surface area contributed by atoms with E-state index in [-0.39, 0.29) is 5.91 Å². The zero-order chi connectivity index (χ0) is 16.0. The van der Waals surface area contributed by atoms with Crippen LogP contribution in [-0.4, -0.2) is 53.1 Å². The first-order chi connectivity index (χ1) is 9.73. The van der Waals surface area contributed by atoms with Crippen LogP contribution in [-0.2, 0) is 11.3 Å². The molecule has 1 amide bonds. The molecule has 0 aliphatic heterocycles. The Labute approximate surface area is 135 Å². The second kappa shape index (κ2) is 7.92. The molecule has 0 fully saturated rings. The van der Waals surface area contributed by atoms with Crippen LogP contribution in [0.25, 0.3) is 0 Å². The highest BCUT2D eigenvalue weighted by atomic mass is 79.9. The number of benzene rings is 1. The third-order valence-corrected chi connectivity index (χ3v) is 3.98. The fourth-order valence-electron chi connectivity index (χ4n) is 2.11. The highest BCUT2D eigenvalue weighted by Gasteiger charge is 2.20. The average molecular weight is 357 g/mol. The Kier molecular flexibility index (Phi) is 6.84. The van der Waals surface area contributed by atoms with Crippen molar-refractivity contribution in [1.82, 2.24) is 9.80 Å². The van der Waals surface area contributed by atoms with Crippen molar-refractivity contribution in [2.45, 2.75) is 32.9 Å². The minimum absolute atomic E-state index is 0.0526. The Morgan fingerprint density at radius 3 is 2.48 bits per heavy atom. The van der Waals surface area contributed by atoms with Gasteiger partial charge in [0.25, 0.3) is 0 Å². The van der Waals surface area contributed by atoms with Gasteiger partial charge in [-0.05, 0) is 32.0 Å². The van der Waals surface area contributed by atoms with Crippen LogP contribution in [0.2, 0.25) is 0 Å². The number of aliphatic hydroxyl groups is 1. The van der Waals surface area contributed by atoms with Crippen molar-refractivity contribution in [3.63, 3.8) is 0 Å². The SMILES string of the molecule is CCN(CC(=O)N(C)Cc1ccccc1Br)CC(C)(C)O. The largest absolute Gasteiger partial charge is 0.389 e. The van der Waals surface area contributed by atoms with Gasteiger partial charge in [0, 0.05) is 24.6 Å². The zero-order valence-corrected chi connectivity index (χ0v) is 14.9. The predicted molar refractivity (Wildman–Crippen MR) is 89.0 cm³/mol. The lowest BCUT2D eigenvalue weighted by Gasteiger charge is -2.29. The zero-order valence-electron chi connectivity index (χ0n) is 13.3. The lowest BCUT2D eigenvalue weighted by atomic mass is 10.1. The number of halogens is 1. The summed E-state index contributed by atoms with van der Waals surface area (Å²) in [5, 5.41) is 9.87. The summed E-state index contributed by atoms with van der Waals surface area (Å²) in [5.74, 6) is 0.0526. The van der Waals surface area contributed by atoms with Crippen molar-refractivity contribution in [2.24, 2.45) is 0 Å². The fraction of sp³-hybridized carbons (Fsp3) is 0.562. The molecular formula is C16H25BrN2O2. The summed E-state index contributed by atoms with van der Waals surface area (Å²) in [6.07, 6.45) is 0. The average Bonchev–Trinajstić information content (AvgIpc) is 2.38. The minimum atomic E-state index is -0.794. The van der Waals surface area contributed by atoms with Gasteiger partial charge in [-0.3, -0.25) is 9.69 Å². The molecule has 0 aliphatic rings. The number of hydrogen-bond acceptors (Lipinski definition) is 3. The monoisotopic (exact) mass is 356 g/mol. The number of nitrogens with zero attached hydrogens (tertiary/aromatic N) is 2. The van der Waals surface area contributed by atoms with E-state index in [4.69, 9.17) is 0 Å². The summed E-state index contributed by atoms with van der Waals surface area (Å²) < 4.78 is 1.01. The van der Waals surface area contributed by atoms with Gasteiger partial charge < -0.3 is 10.0 Å². The molecule has 0 aromatic heterocycles. The first kappa shape index (κ1) is 18.1. The summed E-state index contributed by atoms with van der Waals surface area (Å²) in [6.45, 7) is 7.61. The molecule has 0 saturated heterocycles. The second-order valence-corrected chi connectivity index (χ2v) is 6.81. The standard InChI is InChI=1S/C16H25BrN2O2/c1-5-19(12-16(2,3)21)11-15(20)18(4)10-13-8-6-7-9-14(13)17/h6-9,21H,5,10-12H2,1-4H3. The predicted octanol–water partition coefficient (Wildman–Crippen LogP) is 2.50. The normalized spacial score (nSPS) is 11.8. The number of amides is 1. The second-order valence-electron chi connectivity index (χ2n) is 5.96. The molecule has 1 N–H and O–H groups in total. The van der Waals surface area contributed by atoms with E-state index in [2.05, 4.69) is 15.9 Å². The van der Waals surface area contributed by atoms with Crippen LogP contribution < -0.4 is 0 Å². The number of carbonyl (C=O) groups is 1. The van der Waals surface area contributed by atoms with Gasteiger partial charge in [-0.2, -0.15) is 0 Å². The lowest BCUT2D eigenvalue weighted by molar-refractivity contribution is -0.132. The van der Waals surface area contributed by atoms with Crippen molar-refractivity contribution in [3.05, 3.63) is 34.3 Å². The molecule has 0 aliphatic carbocycles. The summed E-state index contributed by atoms with van der Waals surface area (Å²) in [5.41, 5.74) is 0.288. The van der Waals surface area contributed by atoms with Crippen LogP contribution in [0.15, 0.2) is 28.7 Å². The Morgan fingerprint density at radius 1 is 1.33 bits per heavy atom. The van der Waals surface area contributed by atoms with Crippen molar-refractivity contribution < 1.29 is 9.90 Å². The molecule has 5 heteroatoms. The van der Waals surface area contributed by atoms with E-state index in [0.717, 1.165) is 16.6 Å². The maximum Gasteiger partial charge on any atom is 0.236 e. The molecule has 0 unspecified atom stereocenters. The lowest BCUT2D eigenvalue weighted by Crippen LogP contribution is -2.44. The molecule has 0 heterocycles. The molecule has 4 nitrogen and oxygen atoms in total. The van der Waals surface area contributed by atoms with E-state index in [9.17, 15) is 9.90 Å². The van der Waals surface area contributed by atoms with E-state index in [1.807, 2.05) is 36.1 Å². The molecule has 0 atom stereocenters. The third-order valence-electron chi connectivity index (χ3n) is 3.21. The number of carbonyl (C=O) groups excluding carboxylic acids is 1. The van der Waals surface area contributed by atoms with Crippen LogP contribution in [0.3, 0.4) is 0 Å².